The summed E-state index contributed by atoms with van der Waals surface area (Å²) in [5.74, 6) is 1.64. The topological polar surface area (TPSA) is 56.7 Å². The first-order valence-electron chi connectivity index (χ1n) is 14.0. The third-order valence-corrected chi connectivity index (χ3v) is 8.52. The number of nitrogens with zero attached hydrogens (tertiary/aromatic N) is 5. The number of likely N-dealkylation sites (tertiary alicyclic amines) is 2. The highest BCUT2D eigenvalue weighted by molar-refractivity contribution is 6.36. The first-order chi connectivity index (χ1) is 19.4. The van der Waals surface area contributed by atoms with Crippen molar-refractivity contribution >= 4 is 30.6 Å². The normalized spacial score (nSPS) is 17.3. The Bertz CT molecular complexity index is 1540. The molecular formula is C33H35BN6. The van der Waals surface area contributed by atoms with Crippen molar-refractivity contribution in [1.29, 1.82) is 0 Å². The molecule has 1 N–H and O–H groups in total. The van der Waals surface area contributed by atoms with Crippen LogP contribution >= 0.6 is 0 Å². The van der Waals surface area contributed by atoms with E-state index in [1.807, 2.05) is 31.3 Å². The average molecular weight is 526 g/mol. The van der Waals surface area contributed by atoms with Crippen molar-refractivity contribution in [3.05, 3.63) is 102 Å². The predicted molar refractivity (Wildman–Crippen MR) is 166 cm³/mol. The van der Waals surface area contributed by atoms with E-state index in [0.29, 0.717) is 6.04 Å². The van der Waals surface area contributed by atoms with Gasteiger partial charge in [-0.1, -0.05) is 43.4 Å². The van der Waals surface area contributed by atoms with Crippen LogP contribution in [0.15, 0.2) is 78.7 Å². The van der Waals surface area contributed by atoms with E-state index < -0.39 is 0 Å². The maximum absolute atomic E-state index is 6.41. The first-order valence-corrected chi connectivity index (χ1v) is 14.0. The lowest BCUT2D eigenvalue weighted by atomic mass is 9.88. The molecule has 0 unspecified atom stereocenters. The zero-order valence-corrected chi connectivity index (χ0v) is 23.5. The molecule has 2 radical (unpaired) electrons. The van der Waals surface area contributed by atoms with Crippen molar-refractivity contribution in [3.8, 4) is 11.3 Å². The molecule has 3 aliphatic rings. The summed E-state index contributed by atoms with van der Waals surface area (Å²) < 4.78 is 0. The molecule has 7 heteroatoms. The number of pyridine rings is 2. The Labute approximate surface area is 238 Å². The maximum Gasteiger partial charge on any atom is 0.141 e. The lowest BCUT2D eigenvalue weighted by molar-refractivity contribution is 0.189. The van der Waals surface area contributed by atoms with Gasteiger partial charge in [0, 0.05) is 44.0 Å². The van der Waals surface area contributed by atoms with E-state index in [1.165, 1.54) is 5.56 Å². The van der Waals surface area contributed by atoms with Gasteiger partial charge in [-0.25, -0.2) is 9.98 Å². The smallest absolute Gasteiger partial charge is 0.141 e. The van der Waals surface area contributed by atoms with Gasteiger partial charge in [0.2, 0.25) is 0 Å². The van der Waals surface area contributed by atoms with Crippen LogP contribution in [0, 0.1) is 13.8 Å². The number of nitrogens with one attached hydrogen (secondary N) is 1. The van der Waals surface area contributed by atoms with Crippen LogP contribution in [0.25, 0.3) is 11.3 Å². The highest BCUT2D eigenvalue weighted by atomic mass is 15.2. The predicted octanol–water partition coefficient (Wildman–Crippen LogP) is 5.33. The van der Waals surface area contributed by atoms with Crippen molar-refractivity contribution < 1.29 is 0 Å². The summed E-state index contributed by atoms with van der Waals surface area (Å²) in [7, 11) is 6.41. The van der Waals surface area contributed by atoms with E-state index in [4.69, 9.17) is 17.8 Å². The summed E-state index contributed by atoms with van der Waals surface area (Å²) in [6.07, 6.45) is 7.39. The molecule has 0 saturated carbocycles. The summed E-state index contributed by atoms with van der Waals surface area (Å²) in [4.78, 5) is 19.9. The molecule has 3 aromatic rings. The Kier molecular flexibility index (Phi) is 6.82. The number of hydrogen-bond acceptors (Lipinski definition) is 5. The number of amidine groups is 1. The van der Waals surface area contributed by atoms with Crippen LogP contribution in [-0.4, -0.2) is 59.1 Å². The Balaban J connectivity index is 1.43. The molecule has 2 aromatic heterocycles. The molecule has 0 spiro atoms. The lowest BCUT2D eigenvalue weighted by Gasteiger charge is -2.39. The monoisotopic (exact) mass is 526 g/mol. The van der Waals surface area contributed by atoms with Gasteiger partial charge in [0.05, 0.1) is 22.6 Å². The molecule has 4 heterocycles. The van der Waals surface area contributed by atoms with Gasteiger partial charge in [-0.2, -0.15) is 0 Å². The van der Waals surface area contributed by atoms with Crippen molar-refractivity contribution in [2.45, 2.75) is 45.6 Å². The number of fused-ring (bicyclic) bond motifs is 3. The van der Waals surface area contributed by atoms with Gasteiger partial charge in [-0.05, 0) is 79.3 Å². The first kappa shape index (κ1) is 26.1. The molecule has 0 amide bonds. The molecule has 200 valence electrons. The minimum absolute atomic E-state index is 0.465. The molecule has 6 nitrogen and oxygen atoms in total. The molecule has 2 saturated heterocycles. The van der Waals surface area contributed by atoms with Gasteiger partial charge in [0.25, 0.3) is 0 Å². The van der Waals surface area contributed by atoms with Gasteiger partial charge in [0.15, 0.2) is 0 Å². The van der Waals surface area contributed by atoms with Crippen LogP contribution in [0.2, 0.25) is 0 Å². The Hall–Kier alpha value is -4.13. The van der Waals surface area contributed by atoms with Gasteiger partial charge < -0.3 is 15.1 Å². The summed E-state index contributed by atoms with van der Waals surface area (Å²) >= 11 is 0. The fourth-order valence-electron chi connectivity index (χ4n) is 6.34. The largest absolute Gasteiger partial charge is 0.368 e. The van der Waals surface area contributed by atoms with E-state index in [1.54, 1.807) is 6.20 Å². The highest BCUT2D eigenvalue weighted by Gasteiger charge is 2.32. The molecule has 0 atom stereocenters. The Morgan fingerprint density at radius 1 is 1.12 bits per heavy atom. The van der Waals surface area contributed by atoms with E-state index in [0.717, 1.165) is 113 Å². The SMILES string of the molecule is [B]c1cccc2c1-c1nc(NC=C)c(C(=Nc3c(C)ccnc3C)N3CCC(N4CCC(=C)C4=C)CC3)cc1C2. The van der Waals surface area contributed by atoms with E-state index in [9.17, 15) is 0 Å². The number of aryl methyl sites for hydroxylation is 2. The third kappa shape index (κ3) is 4.53. The second-order valence-electron chi connectivity index (χ2n) is 11.0. The number of piperidine rings is 1. The summed E-state index contributed by atoms with van der Waals surface area (Å²) in [6, 6.07) is 10.8. The van der Waals surface area contributed by atoms with Crippen molar-refractivity contribution in [2.24, 2.45) is 4.99 Å². The standard InChI is InChI=1S/C33H35BN6/c1-6-35-32-27(19-25-18-24-8-7-9-28(34)29(24)31(25)37-32)33(38-30-21(3)10-14-36-22(30)4)39-15-12-26(13-16-39)40-17-11-20(2)23(40)5/h6-10,14,19,26H,1-2,5,11-13,15-18H2,3-4H3,(H,35,37). The number of aliphatic imine (C=N–C) groups is 1. The zero-order valence-electron chi connectivity index (χ0n) is 23.5. The van der Waals surface area contributed by atoms with Gasteiger partial charge in [-0.3, -0.25) is 4.98 Å². The minimum Gasteiger partial charge on any atom is -0.368 e. The van der Waals surface area contributed by atoms with E-state index in [2.05, 4.69) is 58.9 Å². The minimum atomic E-state index is 0.465. The number of anilines is 1. The summed E-state index contributed by atoms with van der Waals surface area (Å²) in [5.41, 5.74) is 11.2. The number of rotatable bonds is 5. The highest BCUT2D eigenvalue weighted by Crippen LogP contribution is 2.38. The van der Waals surface area contributed by atoms with Gasteiger partial charge in [-0.15, -0.1) is 0 Å². The molecule has 6 rings (SSSR count). The Morgan fingerprint density at radius 2 is 1.93 bits per heavy atom. The molecule has 2 fully saturated rings. The molecule has 1 aromatic carbocycles. The number of aromatic nitrogens is 2. The van der Waals surface area contributed by atoms with Crippen molar-refractivity contribution in [2.75, 3.05) is 25.0 Å². The average Bonchev–Trinajstić information content (AvgIpc) is 3.48. The number of hydrogen-bond donors (Lipinski definition) is 1. The summed E-state index contributed by atoms with van der Waals surface area (Å²) in [5, 5.41) is 3.31. The lowest BCUT2D eigenvalue weighted by Crippen LogP contribution is -2.45. The fraction of sp³-hybridized carbons (Fsp3) is 0.303. The molecule has 1 aliphatic carbocycles. The zero-order chi connectivity index (χ0) is 28.0. The molecular weight excluding hydrogens is 491 g/mol. The molecule has 40 heavy (non-hydrogen) atoms. The quantitative estimate of drug-likeness (QED) is 0.216. The van der Waals surface area contributed by atoms with Crippen molar-refractivity contribution in [3.63, 3.8) is 0 Å². The third-order valence-electron chi connectivity index (χ3n) is 8.52. The fourth-order valence-corrected chi connectivity index (χ4v) is 6.34. The summed E-state index contributed by atoms with van der Waals surface area (Å²) in [6.45, 7) is 19.3. The molecule has 2 aliphatic heterocycles. The maximum atomic E-state index is 6.41. The Morgan fingerprint density at radius 3 is 2.62 bits per heavy atom. The number of allylic oxidation sites excluding steroid dienone is 1. The van der Waals surface area contributed by atoms with Crippen molar-refractivity contribution in [1.82, 2.24) is 19.8 Å². The van der Waals surface area contributed by atoms with Crippen LogP contribution in [0.4, 0.5) is 11.5 Å². The van der Waals surface area contributed by atoms with Crippen LogP contribution < -0.4 is 10.8 Å². The van der Waals surface area contributed by atoms with Crippen LogP contribution in [0.5, 0.6) is 0 Å². The van der Waals surface area contributed by atoms with Crippen LogP contribution in [0.1, 0.15) is 47.2 Å². The van der Waals surface area contributed by atoms with Crippen LogP contribution in [0.3, 0.4) is 0 Å². The van der Waals surface area contributed by atoms with Crippen LogP contribution in [-0.2, 0) is 6.42 Å². The van der Waals surface area contributed by atoms with Gasteiger partial charge >= 0.3 is 0 Å². The van der Waals surface area contributed by atoms with Gasteiger partial charge in [0.1, 0.15) is 19.5 Å². The number of benzene rings is 1. The second kappa shape index (κ2) is 10.5. The second-order valence-corrected chi connectivity index (χ2v) is 11.0. The van der Waals surface area contributed by atoms with E-state index >= 15 is 0 Å². The molecule has 0 bridgehead atoms. The van der Waals surface area contributed by atoms with E-state index in [-0.39, 0.29) is 0 Å².